The topological polar surface area (TPSA) is 47.9 Å². The maximum Gasteiger partial charge on any atom is 0.189 e. The van der Waals surface area contributed by atoms with E-state index in [1.807, 2.05) is 24.3 Å². The van der Waals surface area contributed by atoms with Crippen LogP contribution in [0.2, 0.25) is 0 Å². The van der Waals surface area contributed by atoms with Crippen molar-refractivity contribution in [1.82, 2.24) is 0 Å². The zero-order chi connectivity index (χ0) is 11.6. The Bertz CT molecular complexity index is 271. The Hall–Kier alpha value is -1.10. The lowest BCUT2D eigenvalue weighted by Crippen LogP contribution is -2.07. The molecule has 4 nitrogen and oxygen atoms in total. The molecule has 0 spiro atoms. The van der Waals surface area contributed by atoms with E-state index in [1.165, 1.54) is 0 Å². The van der Waals surface area contributed by atoms with Gasteiger partial charge in [-0.2, -0.15) is 0 Å². The molecule has 0 bridgehead atoms. The van der Waals surface area contributed by atoms with Crippen molar-refractivity contribution in [2.75, 3.05) is 33.7 Å². The third kappa shape index (κ3) is 5.11. The summed E-state index contributed by atoms with van der Waals surface area (Å²) >= 11 is 0. The molecular formula is C12H18O4. The van der Waals surface area contributed by atoms with Gasteiger partial charge in [0, 0.05) is 13.7 Å². The molecular weight excluding hydrogens is 208 g/mol. The van der Waals surface area contributed by atoms with Crippen LogP contribution in [0.4, 0.5) is 0 Å². The van der Waals surface area contributed by atoms with Crippen LogP contribution in [-0.2, 0) is 15.9 Å². The SMILES string of the molecule is COCCOCOc1ccc(CCO)cc1. The monoisotopic (exact) mass is 226 g/mol. The summed E-state index contributed by atoms with van der Waals surface area (Å²) in [6.45, 7) is 1.49. The van der Waals surface area contributed by atoms with Crippen LogP contribution < -0.4 is 4.74 Å². The minimum Gasteiger partial charge on any atom is -0.468 e. The summed E-state index contributed by atoms with van der Waals surface area (Å²) in [5.41, 5.74) is 1.09. The van der Waals surface area contributed by atoms with E-state index < -0.39 is 0 Å². The predicted molar refractivity (Wildman–Crippen MR) is 60.6 cm³/mol. The number of hydrogen-bond acceptors (Lipinski definition) is 4. The molecule has 0 aromatic heterocycles. The summed E-state index contributed by atoms with van der Waals surface area (Å²) in [7, 11) is 1.63. The second-order valence-electron chi connectivity index (χ2n) is 3.28. The van der Waals surface area contributed by atoms with Gasteiger partial charge in [0.15, 0.2) is 6.79 Å². The van der Waals surface area contributed by atoms with E-state index in [0.29, 0.717) is 19.6 Å². The molecule has 16 heavy (non-hydrogen) atoms. The molecule has 0 aliphatic heterocycles. The number of rotatable bonds is 8. The van der Waals surface area contributed by atoms with E-state index in [2.05, 4.69) is 0 Å². The third-order valence-electron chi connectivity index (χ3n) is 2.06. The average Bonchev–Trinajstić information content (AvgIpc) is 2.31. The van der Waals surface area contributed by atoms with Crippen LogP contribution in [0.1, 0.15) is 5.56 Å². The standard InChI is InChI=1S/C12H18O4/c1-14-8-9-15-10-16-12-4-2-11(3-5-12)6-7-13/h2-5,13H,6-10H2,1H3. The van der Waals surface area contributed by atoms with Gasteiger partial charge >= 0.3 is 0 Å². The number of ether oxygens (including phenoxy) is 3. The van der Waals surface area contributed by atoms with E-state index in [-0.39, 0.29) is 13.4 Å². The molecule has 1 aromatic carbocycles. The van der Waals surface area contributed by atoms with E-state index in [1.54, 1.807) is 7.11 Å². The first-order chi connectivity index (χ1) is 7.86. The summed E-state index contributed by atoms with van der Waals surface area (Å²) in [5.74, 6) is 0.763. The van der Waals surface area contributed by atoms with Gasteiger partial charge in [-0.25, -0.2) is 0 Å². The molecule has 0 aliphatic carbocycles. The fourth-order valence-corrected chi connectivity index (χ4v) is 1.19. The van der Waals surface area contributed by atoms with Gasteiger partial charge in [0.1, 0.15) is 5.75 Å². The Labute approximate surface area is 95.8 Å². The molecule has 4 heteroatoms. The summed E-state index contributed by atoms with van der Waals surface area (Å²) in [6, 6.07) is 7.59. The lowest BCUT2D eigenvalue weighted by atomic mass is 10.1. The van der Waals surface area contributed by atoms with Crippen LogP contribution in [0.25, 0.3) is 0 Å². The van der Waals surface area contributed by atoms with E-state index >= 15 is 0 Å². The lowest BCUT2D eigenvalue weighted by Gasteiger charge is -2.07. The Morgan fingerprint density at radius 3 is 2.50 bits per heavy atom. The Morgan fingerprint density at radius 1 is 1.12 bits per heavy atom. The van der Waals surface area contributed by atoms with Crippen molar-refractivity contribution in [2.24, 2.45) is 0 Å². The highest BCUT2D eigenvalue weighted by Crippen LogP contribution is 2.12. The van der Waals surface area contributed by atoms with Crippen LogP contribution in [0, 0.1) is 0 Å². The number of aliphatic hydroxyl groups excluding tert-OH is 1. The van der Waals surface area contributed by atoms with Crippen molar-refractivity contribution in [2.45, 2.75) is 6.42 Å². The zero-order valence-corrected chi connectivity index (χ0v) is 9.52. The summed E-state index contributed by atoms with van der Waals surface area (Å²) in [4.78, 5) is 0. The predicted octanol–water partition coefficient (Wildman–Crippen LogP) is 1.22. The van der Waals surface area contributed by atoms with Gasteiger partial charge in [0.2, 0.25) is 0 Å². The van der Waals surface area contributed by atoms with Crippen molar-refractivity contribution in [1.29, 1.82) is 0 Å². The van der Waals surface area contributed by atoms with Gasteiger partial charge in [-0.05, 0) is 24.1 Å². The van der Waals surface area contributed by atoms with E-state index in [0.717, 1.165) is 11.3 Å². The zero-order valence-electron chi connectivity index (χ0n) is 9.52. The molecule has 0 saturated heterocycles. The van der Waals surface area contributed by atoms with Gasteiger partial charge in [0.05, 0.1) is 13.2 Å². The van der Waals surface area contributed by atoms with Crippen LogP contribution in [-0.4, -0.2) is 38.8 Å². The maximum absolute atomic E-state index is 8.75. The smallest absolute Gasteiger partial charge is 0.189 e. The fraction of sp³-hybridized carbons (Fsp3) is 0.500. The van der Waals surface area contributed by atoms with E-state index in [4.69, 9.17) is 19.3 Å². The lowest BCUT2D eigenvalue weighted by molar-refractivity contribution is -0.00847. The summed E-state index contributed by atoms with van der Waals surface area (Å²) < 4.78 is 15.3. The molecule has 0 atom stereocenters. The minimum absolute atomic E-state index is 0.167. The van der Waals surface area contributed by atoms with Gasteiger partial charge < -0.3 is 19.3 Å². The van der Waals surface area contributed by atoms with Crippen molar-refractivity contribution in [3.8, 4) is 5.75 Å². The molecule has 0 saturated carbocycles. The molecule has 0 aliphatic rings. The van der Waals surface area contributed by atoms with Gasteiger partial charge in [0.25, 0.3) is 0 Å². The molecule has 1 aromatic rings. The third-order valence-corrected chi connectivity index (χ3v) is 2.06. The van der Waals surface area contributed by atoms with Gasteiger partial charge in [-0.15, -0.1) is 0 Å². The highest BCUT2D eigenvalue weighted by molar-refractivity contribution is 5.27. The van der Waals surface area contributed by atoms with Crippen LogP contribution in [0.3, 0.4) is 0 Å². The Balaban J connectivity index is 2.21. The largest absolute Gasteiger partial charge is 0.468 e. The first-order valence-electron chi connectivity index (χ1n) is 5.26. The highest BCUT2D eigenvalue weighted by Gasteiger charge is 1.95. The van der Waals surface area contributed by atoms with Gasteiger partial charge in [-0.1, -0.05) is 12.1 Å². The Morgan fingerprint density at radius 2 is 1.88 bits per heavy atom. The molecule has 0 fully saturated rings. The average molecular weight is 226 g/mol. The quantitative estimate of drug-likeness (QED) is 0.535. The van der Waals surface area contributed by atoms with Gasteiger partial charge in [-0.3, -0.25) is 0 Å². The number of methoxy groups -OCH3 is 1. The summed E-state index contributed by atoms with van der Waals surface area (Å²) in [5, 5.41) is 8.75. The van der Waals surface area contributed by atoms with Crippen molar-refractivity contribution in [3.05, 3.63) is 29.8 Å². The van der Waals surface area contributed by atoms with Crippen molar-refractivity contribution in [3.63, 3.8) is 0 Å². The van der Waals surface area contributed by atoms with Crippen molar-refractivity contribution >= 4 is 0 Å². The molecule has 0 radical (unpaired) electrons. The molecule has 90 valence electrons. The highest BCUT2D eigenvalue weighted by atomic mass is 16.7. The first-order valence-corrected chi connectivity index (χ1v) is 5.26. The van der Waals surface area contributed by atoms with Crippen LogP contribution in [0.15, 0.2) is 24.3 Å². The molecule has 0 amide bonds. The number of aliphatic hydroxyl groups is 1. The fourth-order valence-electron chi connectivity index (χ4n) is 1.19. The molecule has 1 rings (SSSR count). The van der Waals surface area contributed by atoms with Crippen LogP contribution >= 0.6 is 0 Å². The molecule has 0 heterocycles. The summed E-state index contributed by atoms with van der Waals surface area (Å²) in [6.07, 6.45) is 0.671. The first kappa shape index (κ1) is 13.0. The normalized spacial score (nSPS) is 10.4. The van der Waals surface area contributed by atoms with Crippen molar-refractivity contribution < 1.29 is 19.3 Å². The van der Waals surface area contributed by atoms with Crippen LogP contribution in [0.5, 0.6) is 5.75 Å². The second-order valence-corrected chi connectivity index (χ2v) is 3.28. The second kappa shape index (κ2) is 8.10. The van der Waals surface area contributed by atoms with E-state index in [9.17, 15) is 0 Å². The minimum atomic E-state index is 0.167. The molecule has 1 N–H and O–H groups in total. The molecule has 0 unspecified atom stereocenters. The Kier molecular flexibility index (Phi) is 6.56. The number of benzene rings is 1. The number of hydrogen-bond donors (Lipinski definition) is 1. The maximum atomic E-state index is 8.75.